The Balaban J connectivity index is 1.52. The molecule has 4 aliphatic heterocycles. The van der Waals surface area contributed by atoms with Gasteiger partial charge >= 0.3 is 0 Å². The molecule has 5 atom stereocenters. The number of fused-ring (bicyclic) bond motifs is 1. The zero-order valence-corrected chi connectivity index (χ0v) is 18.5. The number of nitrogens with zero attached hydrogens (tertiary/aromatic N) is 3. The summed E-state index contributed by atoms with van der Waals surface area (Å²) >= 11 is 0. The maximum atomic E-state index is 13.2. The molecule has 1 amide bonds. The Morgan fingerprint density at radius 3 is 2.70 bits per heavy atom. The fraction of sp³-hybridized carbons (Fsp3) is 0.481. The van der Waals surface area contributed by atoms with E-state index < -0.39 is 28.2 Å². The van der Waals surface area contributed by atoms with Crippen molar-refractivity contribution in [3.63, 3.8) is 0 Å². The van der Waals surface area contributed by atoms with E-state index in [2.05, 4.69) is 35.2 Å². The second-order valence-electron chi connectivity index (χ2n) is 10.5. The number of benzene rings is 2. The van der Waals surface area contributed by atoms with Crippen molar-refractivity contribution in [2.24, 2.45) is 5.41 Å². The van der Waals surface area contributed by atoms with Crippen molar-refractivity contribution in [2.45, 2.75) is 61.4 Å². The Morgan fingerprint density at radius 1 is 1.09 bits per heavy atom. The number of carbonyl (C=O) groups is 1. The van der Waals surface area contributed by atoms with Crippen LogP contribution in [-0.2, 0) is 21.5 Å². The molecule has 2 aromatic rings. The number of rotatable bonds is 2. The van der Waals surface area contributed by atoms with Crippen molar-refractivity contribution in [2.75, 3.05) is 18.1 Å². The van der Waals surface area contributed by atoms with Crippen LogP contribution in [0.4, 0.5) is 5.69 Å². The van der Waals surface area contributed by atoms with Gasteiger partial charge in [0.15, 0.2) is 11.3 Å². The third kappa shape index (κ3) is 2.01. The predicted molar refractivity (Wildman–Crippen MR) is 121 cm³/mol. The Morgan fingerprint density at radius 2 is 1.88 bits per heavy atom. The van der Waals surface area contributed by atoms with Crippen molar-refractivity contribution >= 4 is 11.6 Å². The number of amides is 1. The van der Waals surface area contributed by atoms with Crippen LogP contribution in [0.2, 0.25) is 0 Å². The molecule has 7 rings (SSSR count). The molecule has 5 aliphatic rings. The number of nitriles is 1. The number of hydrogen-bond donors (Lipinski definition) is 1. The molecule has 4 fully saturated rings. The molecule has 1 N–H and O–H groups in total. The highest BCUT2D eigenvalue weighted by Crippen LogP contribution is 2.75. The van der Waals surface area contributed by atoms with E-state index >= 15 is 0 Å². The van der Waals surface area contributed by atoms with Crippen LogP contribution in [0.25, 0.3) is 0 Å². The SMILES string of the molecule is N#C[C@]1(O)C[C@]23CCO[C@@]24N(CC[C@]42c4ccccc4N(Cc4ccccc4)[C@H]12)C(=O)CC3. The third-order valence-corrected chi connectivity index (χ3v) is 9.37. The van der Waals surface area contributed by atoms with Crippen LogP contribution in [0.1, 0.15) is 43.2 Å². The first-order valence-electron chi connectivity index (χ1n) is 12.0. The average molecular weight is 442 g/mol. The number of aliphatic hydroxyl groups is 1. The molecule has 0 radical (unpaired) electrons. The molecule has 6 nitrogen and oxygen atoms in total. The fourth-order valence-corrected chi connectivity index (χ4v) is 8.54. The molecule has 0 bridgehead atoms. The van der Waals surface area contributed by atoms with Crippen molar-refractivity contribution in [1.29, 1.82) is 5.26 Å². The summed E-state index contributed by atoms with van der Waals surface area (Å²) in [5.41, 5.74) is -0.113. The Hall–Kier alpha value is -2.88. The highest BCUT2D eigenvalue weighted by molar-refractivity contribution is 5.81. The van der Waals surface area contributed by atoms with Crippen molar-refractivity contribution in [3.8, 4) is 6.07 Å². The van der Waals surface area contributed by atoms with Gasteiger partial charge in [0.25, 0.3) is 0 Å². The Labute approximate surface area is 193 Å². The molecule has 2 spiro atoms. The van der Waals surface area contributed by atoms with Gasteiger partial charge in [-0.1, -0.05) is 48.5 Å². The molecular weight excluding hydrogens is 414 g/mol. The summed E-state index contributed by atoms with van der Waals surface area (Å²) in [5, 5.41) is 22.7. The fourth-order valence-electron chi connectivity index (χ4n) is 8.54. The predicted octanol–water partition coefficient (Wildman–Crippen LogP) is 3.10. The van der Waals surface area contributed by atoms with E-state index in [1.165, 1.54) is 0 Å². The van der Waals surface area contributed by atoms with Crippen LogP contribution < -0.4 is 4.90 Å². The summed E-state index contributed by atoms with van der Waals surface area (Å²) in [5.74, 6) is 0.143. The molecule has 3 saturated heterocycles. The first-order valence-corrected chi connectivity index (χ1v) is 12.0. The molecule has 168 valence electrons. The third-order valence-electron chi connectivity index (χ3n) is 9.37. The van der Waals surface area contributed by atoms with Crippen molar-refractivity contribution in [3.05, 3.63) is 65.7 Å². The van der Waals surface area contributed by atoms with E-state index in [4.69, 9.17) is 4.74 Å². The molecule has 1 aliphatic carbocycles. The minimum absolute atomic E-state index is 0.143. The van der Waals surface area contributed by atoms with E-state index in [1.807, 2.05) is 35.2 Å². The second-order valence-corrected chi connectivity index (χ2v) is 10.5. The molecule has 4 heterocycles. The summed E-state index contributed by atoms with van der Waals surface area (Å²) in [6.07, 6.45) is 2.93. The van der Waals surface area contributed by atoms with Gasteiger partial charge in [-0.2, -0.15) is 5.26 Å². The number of para-hydroxylation sites is 1. The lowest BCUT2D eigenvalue weighted by Crippen LogP contribution is -2.79. The van der Waals surface area contributed by atoms with Crippen molar-refractivity contribution in [1.82, 2.24) is 4.90 Å². The van der Waals surface area contributed by atoms with E-state index in [0.29, 0.717) is 45.4 Å². The number of hydrogen-bond acceptors (Lipinski definition) is 5. The molecule has 33 heavy (non-hydrogen) atoms. The Kier molecular flexibility index (Phi) is 3.66. The van der Waals surface area contributed by atoms with Gasteiger partial charge in [-0.25, -0.2) is 0 Å². The maximum absolute atomic E-state index is 13.2. The molecule has 2 aromatic carbocycles. The molecule has 1 saturated carbocycles. The summed E-state index contributed by atoms with van der Waals surface area (Å²) in [6.45, 7) is 1.75. The molecular formula is C27H27N3O3. The average Bonchev–Trinajstić information content (AvgIpc) is 3.48. The quantitative estimate of drug-likeness (QED) is 0.725. The summed E-state index contributed by atoms with van der Waals surface area (Å²) in [4.78, 5) is 17.5. The minimum atomic E-state index is -1.54. The standard InChI is InChI=1S/C27H27N3O3/c28-18-25(32)17-24-11-10-22(31)30-14-12-26(27(24,30)33-15-13-24)20-8-4-5-9-21(20)29(23(25)26)16-19-6-2-1-3-7-19/h1-9,23,32H,10-17H2/t23-,24+,25-,26-,27+/m1/s1. The van der Waals surface area contributed by atoms with Crippen LogP contribution in [0.15, 0.2) is 54.6 Å². The van der Waals surface area contributed by atoms with E-state index in [-0.39, 0.29) is 5.91 Å². The van der Waals surface area contributed by atoms with Gasteiger partial charge in [0.1, 0.15) is 0 Å². The molecule has 0 unspecified atom stereocenters. The lowest BCUT2D eigenvalue weighted by Gasteiger charge is -2.65. The Bertz CT molecular complexity index is 1210. The summed E-state index contributed by atoms with van der Waals surface area (Å²) in [6, 6.07) is 20.4. The van der Waals surface area contributed by atoms with Gasteiger partial charge in [0, 0.05) is 37.0 Å². The van der Waals surface area contributed by atoms with Gasteiger partial charge < -0.3 is 19.6 Å². The van der Waals surface area contributed by atoms with E-state index in [1.54, 1.807) is 0 Å². The summed E-state index contributed by atoms with van der Waals surface area (Å²) < 4.78 is 6.75. The number of ether oxygens (including phenoxy) is 1. The van der Waals surface area contributed by atoms with Gasteiger partial charge in [0.05, 0.1) is 24.1 Å². The molecule has 0 aromatic heterocycles. The number of carbonyl (C=O) groups excluding carboxylic acids is 1. The van der Waals surface area contributed by atoms with Crippen LogP contribution in [-0.4, -0.2) is 46.4 Å². The van der Waals surface area contributed by atoms with Gasteiger partial charge in [0.2, 0.25) is 5.91 Å². The second kappa shape index (κ2) is 6.16. The zero-order chi connectivity index (χ0) is 22.5. The monoisotopic (exact) mass is 441 g/mol. The topological polar surface area (TPSA) is 76.8 Å². The van der Waals surface area contributed by atoms with Crippen molar-refractivity contribution < 1.29 is 14.6 Å². The van der Waals surface area contributed by atoms with Crippen LogP contribution in [0.5, 0.6) is 0 Å². The first-order chi connectivity index (χ1) is 16.0. The summed E-state index contributed by atoms with van der Waals surface area (Å²) in [7, 11) is 0. The van der Waals surface area contributed by atoms with Gasteiger partial charge in [-0.05, 0) is 36.5 Å². The zero-order valence-electron chi connectivity index (χ0n) is 18.5. The highest BCUT2D eigenvalue weighted by atomic mass is 16.5. The van der Waals surface area contributed by atoms with Gasteiger partial charge in [-0.15, -0.1) is 0 Å². The normalized spacial score (nSPS) is 40.1. The van der Waals surface area contributed by atoms with E-state index in [9.17, 15) is 15.2 Å². The number of anilines is 1. The van der Waals surface area contributed by atoms with Crippen LogP contribution in [0, 0.1) is 16.7 Å². The lowest BCUT2D eigenvalue weighted by molar-refractivity contribution is -0.252. The largest absolute Gasteiger partial charge is 0.373 e. The molecule has 6 heteroatoms. The van der Waals surface area contributed by atoms with Gasteiger partial charge in [-0.3, -0.25) is 4.79 Å². The lowest BCUT2D eigenvalue weighted by atomic mass is 9.47. The smallest absolute Gasteiger partial charge is 0.224 e. The van der Waals surface area contributed by atoms with Crippen LogP contribution >= 0.6 is 0 Å². The first kappa shape index (κ1) is 19.6. The minimum Gasteiger partial charge on any atom is -0.373 e. The van der Waals surface area contributed by atoms with Crippen LogP contribution in [0.3, 0.4) is 0 Å². The number of piperidine rings is 1. The van der Waals surface area contributed by atoms with E-state index in [0.717, 1.165) is 23.2 Å². The maximum Gasteiger partial charge on any atom is 0.224 e. The highest BCUT2D eigenvalue weighted by Gasteiger charge is 2.85.